The number of nitrogens with zero attached hydrogens (tertiary/aromatic N) is 1. The molecule has 1 rings (SSSR count). The number of unbranched alkanes of at least 4 members (excludes halogenated alkanes) is 1. The number of carboxylic acid groups (broad SMARTS) is 1. The topological polar surface area (TPSA) is 57.6 Å². The summed E-state index contributed by atoms with van der Waals surface area (Å²) in [5, 5.41) is 8.96. The first-order valence-corrected chi connectivity index (χ1v) is 7.19. The van der Waals surface area contributed by atoms with Gasteiger partial charge < -0.3 is 10.0 Å². The van der Waals surface area contributed by atoms with Crippen molar-refractivity contribution in [1.29, 1.82) is 0 Å². The molecule has 4 nitrogen and oxygen atoms in total. The van der Waals surface area contributed by atoms with Crippen LogP contribution in [-0.2, 0) is 16.1 Å². The lowest BCUT2D eigenvalue weighted by Crippen LogP contribution is -2.38. The van der Waals surface area contributed by atoms with Crippen molar-refractivity contribution in [2.45, 2.75) is 39.7 Å². The summed E-state index contributed by atoms with van der Waals surface area (Å²) in [6.07, 6.45) is 2.67. The Kier molecular flexibility index (Phi) is 6.85. The fraction of sp³-hybridized carbons (Fsp3) is 0.500. The van der Waals surface area contributed by atoms with Gasteiger partial charge in [0.1, 0.15) is 12.4 Å². The van der Waals surface area contributed by atoms with Crippen molar-refractivity contribution in [3.05, 3.63) is 35.6 Å². The van der Waals surface area contributed by atoms with Crippen LogP contribution in [0.1, 0.15) is 38.7 Å². The molecule has 1 aromatic carbocycles. The molecule has 0 aliphatic rings. The Bertz CT molecular complexity index is 473. The normalized spacial score (nSPS) is 12.0. The number of amides is 1. The summed E-state index contributed by atoms with van der Waals surface area (Å²) in [6.45, 7) is 3.71. The first-order chi connectivity index (χ1) is 9.93. The molecule has 1 aromatic rings. The van der Waals surface area contributed by atoms with Gasteiger partial charge in [0, 0.05) is 12.5 Å². The largest absolute Gasteiger partial charge is 0.480 e. The van der Waals surface area contributed by atoms with Crippen molar-refractivity contribution in [2.75, 3.05) is 6.54 Å². The number of hydrogen-bond acceptors (Lipinski definition) is 2. The maximum absolute atomic E-state index is 12.9. The van der Waals surface area contributed by atoms with E-state index in [1.165, 1.54) is 17.0 Å². The van der Waals surface area contributed by atoms with Gasteiger partial charge in [-0.2, -0.15) is 0 Å². The number of carboxylic acids is 1. The van der Waals surface area contributed by atoms with E-state index in [2.05, 4.69) is 0 Å². The number of rotatable bonds is 8. The van der Waals surface area contributed by atoms with Crippen molar-refractivity contribution in [2.24, 2.45) is 5.92 Å². The second kappa shape index (κ2) is 8.39. The molecule has 0 saturated heterocycles. The lowest BCUT2D eigenvalue weighted by atomic mass is 10.0. The predicted octanol–water partition coefficient (Wildman–Crippen LogP) is 3.07. The molecule has 5 heteroatoms. The fourth-order valence-electron chi connectivity index (χ4n) is 2.13. The SMILES string of the molecule is CCCCC(C)C(=O)N(CC(=O)O)Cc1ccc(F)cc1. The quantitative estimate of drug-likeness (QED) is 0.802. The van der Waals surface area contributed by atoms with Gasteiger partial charge in [0.15, 0.2) is 0 Å². The average Bonchev–Trinajstić information content (AvgIpc) is 2.45. The van der Waals surface area contributed by atoms with Crippen LogP contribution in [0, 0.1) is 11.7 Å². The third-order valence-corrected chi connectivity index (χ3v) is 3.34. The number of aliphatic carboxylic acids is 1. The van der Waals surface area contributed by atoms with Crippen LogP contribution >= 0.6 is 0 Å². The minimum absolute atomic E-state index is 0.171. The highest BCUT2D eigenvalue weighted by atomic mass is 19.1. The molecule has 0 aliphatic carbocycles. The monoisotopic (exact) mass is 295 g/mol. The van der Waals surface area contributed by atoms with Crippen molar-refractivity contribution >= 4 is 11.9 Å². The summed E-state index contributed by atoms with van der Waals surface area (Å²) in [4.78, 5) is 24.6. The summed E-state index contributed by atoms with van der Waals surface area (Å²) in [6, 6.07) is 5.74. The molecule has 0 fully saturated rings. The lowest BCUT2D eigenvalue weighted by molar-refractivity contribution is -0.146. The molecule has 1 N–H and O–H groups in total. The number of carbonyl (C=O) groups is 2. The smallest absolute Gasteiger partial charge is 0.323 e. The van der Waals surface area contributed by atoms with Gasteiger partial charge in [-0.25, -0.2) is 4.39 Å². The van der Waals surface area contributed by atoms with Crippen molar-refractivity contribution in [3.63, 3.8) is 0 Å². The first-order valence-electron chi connectivity index (χ1n) is 7.19. The molecule has 0 aromatic heterocycles. The molecule has 1 amide bonds. The van der Waals surface area contributed by atoms with Crippen LogP contribution in [0.4, 0.5) is 4.39 Å². The van der Waals surface area contributed by atoms with E-state index in [4.69, 9.17) is 5.11 Å². The summed E-state index contributed by atoms with van der Waals surface area (Å²) in [7, 11) is 0. The van der Waals surface area contributed by atoms with Crippen molar-refractivity contribution < 1.29 is 19.1 Å². The molecular formula is C16H22FNO3. The van der Waals surface area contributed by atoms with Crippen molar-refractivity contribution in [1.82, 2.24) is 4.90 Å². The molecule has 0 heterocycles. The lowest BCUT2D eigenvalue weighted by Gasteiger charge is -2.24. The summed E-state index contributed by atoms with van der Waals surface area (Å²) in [5.74, 6) is -1.78. The van der Waals surface area contributed by atoms with Gasteiger partial charge in [0.2, 0.25) is 5.91 Å². The first kappa shape index (κ1) is 17.1. The van der Waals surface area contributed by atoms with Crippen LogP contribution in [0.2, 0.25) is 0 Å². The number of hydrogen-bond donors (Lipinski definition) is 1. The van der Waals surface area contributed by atoms with E-state index in [0.29, 0.717) is 5.56 Å². The van der Waals surface area contributed by atoms with E-state index in [9.17, 15) is 14.0 Å². The third kappa shape index (κ3) is 5.94. The molecular weight excluding hydrogens is 273 g/mol. The van der Waals surface area contributed by atoms with Crippen molar-refractivity contribution in [3.8, 4) is 0 Å². The summed E-state index contributed by atoms with van der Waals surface area (Å²) < 4.78 is 12.9. The van der Waals surface area contributed by atoms with Gasteiger partial charge in [-0.15, -0.1) is 0 Å². The minimum Gasteiger partial charge on any atom is -0.480 e. The van der Waals surface area contributed by atoms with Crippen LogP contribution in [0.3, 0.4) is 0 Å². The molecule has 0 spiro atoms. The zero-order chi connectivity index (χ0) is 15.8. The van der Waals surface area contributed by atoms with E-state index >= 15 is 0 Å². The van der Waals surface area contributed by atoms with Gasteiger partial charge in [0.05, 0.1) is 0 Å². The highest BCUT2D eigenvalue weighted by Gasteiger charge is 2.22. The van der Waals surface area contributed by atoms with Gasteiger partial charge >= 0.3 is 5.97 Å². The Labute approximate surface area is 124 Å². The second-order valence-electron chi connectivity index (χ2n) is 5.26. The Morgan fingerprint density at radius 3 is 2.43 bits per heavy atom. The van der Waals surface area contributed by atoms with E-state index in [1.807, 2.05) is 13.8 Å². The van der Waals surface area contributed by atoms with Gasteiger partial charge in [-0.3, -0.25) is 9.59 Å². The molecule has 0 radical (unpaired) electrons. The van der Waals surface area contributed by atoms with E-state index in [0.717, 1.165) is 19.3 Å². The zero-order valence-corrected chi connectivity index (χ0v) is 12.5. The predicted molar refractivity (Wildman–Crippen MR) is 78.1 cm³/mol. The van der Waals surface area contributed by atoms with E-state index in [-0.39, 0.29) is 30.7 Å². The molecule has 21 heavy (non-hydrogen) atoms. The average molecular weight is 295 g/mol. The molecule has 0 saturated carbocycles. The Balaban J connectivity index is 2.76. The Morgan fingerprint density at radius 2 is 1.90 bits per heavy atom. The van der Waals surface area contributed by atoms with Crippen LogP contribution in [0.15, 0.2) is 24.3 Å². The standard InChI is InChI=1S/C16H22FNO3/c1-3-4-5-12(2)16(21)18(11-15(19)20)10-13-6-8-14(17)9-7-13/h6-9,12H,3-5,10-11H2,1-2H3,(H,19,20). The zero-order valence-electron chi connectivity index (χ0n) is 12.5. The van der Waals surface area contributed by atoms with Crippen LogP contribution < -0.4 is 0 Å². The molecule has 1 atom stereocenters. The maximum Gasteiger partial charge on any atom is 0.323 e. The van der Waals surface area contributed by atoms with Crippen LogP contribution in [0.5, 0.6) is 0 Å². The highest BCUT2D eigenvalue weighted by Crippen LogP contribution is 2.14. The molecule has 0 bridgehead atoms. The maximum atomic E-state index is 12.9. The molecule has 116 valence electrons. The van der Waals surface area contributed by atoms with Gasteiger partial charge in [0.25, 0.3) is 0 Å². The highest BCUT2D eigenvalue weighted by molar-refractivity contribution is 5.82. The Morgan fingerprint density at radius 1 is 1.29 bits per heavy atom. The van der Waals surface area contributed by atoms with Gasteiger partial charge in [-0.1, -0.05) is 38.8 Å². The fourth-order valence-corrected chi connectivity index (χ4v) is 2.13. The summed E-state index contributed by atoms with van der Waals surface area (Å²) >= 11 is 0. The second-order valence-corrected chi connectivity index (χ2v) is 5.26. The molecule has 0 aliphatic heterocycles. The summed E-state index contributed by atoms with van der Waals surface area (Å²) in [5.41, 5.74) is 0.716. The van der Waals surface area contributed by atoms with Crippen LogP contribution in [-0.4, -0.2) is 28.4 Å². The van der Waals surface area contributed by atoms with Crippen LogP contribution in [0.25, 0.3) is 0 Å². The number of carbonyl (C=O) groups excluding carboxylic acids is 1. The molecule has 1 unspecified atom stereocenters. The minimum atomic E-state index is -1.05. The number of benzene rings is 1. The number of halogens is 1. The third-order valence-electron chi connectivity index (χ3n) is 3.34. The Hall–Kier alpha value is -1.91. The van der Waals surface area contributed by atoms with Gasteiger partial charge in [-0.05, 0) is 24.1 Å². The van der Waals surface area contributed by atoms with E-state index < -0.39 is 5.97 Å². The van der Waals surface area contributed by atoms with E-state index in [1.54, 1.807) is 12.1 Å².